The summed E-state index contributed by atoms with van der Waals surface area (Å²) in [4.78, 5) is 24.1. The monoisotopic (exact) mass is 442 g/mol. The lowest BCUT2D eigenvalue weighted by Gasteiger charge is -2.29. The number of Topliss-reactive ketones (excluding diaryl/α,β-unsaturated/α-hetero) is 1. The van der Waals surface area contributed by atoms with E-state index in [4.69, 9.17) is 0 Å². The predicted molar refractivity (Wildman–Crippen MR) is 130 cm³/mol. The van der Waals surface area contributed by atoms with Crippen molar-refractivity contribution in [1.82, 2.24) is 0 Å². The lowest BCUT2D eigenvalue weighted by atomic mass is 9.80. The van der Waals surface area contributed by atoms with Crippen LogP contribution in [0.3, 0.4) is 0 Å². The molecule has 2 N–H and O–H groups in total. The molecular weight excluding hydrogens is 400 g/mol. The molecule has 0 aliphatic heterocycles. The van der Waals surface area contributed by atoms with Gasteiger partial charge in [-0.25, -0.2) is 0 Å². The summed E-state index contributed by atoms with van der Waals surface area (Å²) in [5, 5.41) is 20.2. The van der Waals surface area contributed by atoms with E-state index in [9.17, 15) is 19.8 Å². The SMILES string of the molecule is CCCCC(C)(C)[C@H](O)/C=C/C1CCC(=O)[C@@H]1CCCCCC(C(=O)O)c1ccccc1. The lowest BCUT2D eigenvalue weighted by Crippen LogP contribution is -2.27. The minimum absolute atomic E-state index is 0.0431. The first-order valence-corrected chi connectivity index (χ1v) is 12.4. The zero-order chi connectivity index (χ0) is 23.6. The van der Waals surface area contributed by atoms with Crippen LogP contribution < -0.4 is 0 Å². The Kier molecular flexibility index (Phi) is 10.6. The van der Waals surface area contributed by atoms with Gasteiger partial charge in [0.25, 0.3) is 0 Å². The highest BCUT2D eigenvalue weighted by Gasteiger charge is 2.33. The molecule has 0 saturated heterocycles. The van der Waals surface area contributed by atoms with Crippen LogP contribution in [-0.2, 0) is 9.59 Å². The van der Waals surface area contributed by atoms with E-state index in [2.05, 4.69) is 26.8 Å². The van der Waals surface area contributed by atoms with Crippen LogP contribution in [0.15, 0.2) is 42.5 Å². The Hall–Kier alpha value is -1.94. The fraction of sp³-hybridized carbons (Fsp3) is 0.643. The number of hydrogen-bond acceptors (Lipinski definition) is 3. The summed E-state index contributed by atoms with van der Waals surface area (Å²) in [7, 11) is 0. The molecule has 1 aliphatic rings. The first kappa shape index (κ1) is 26.3. The fourth-order valence-electron chi connectivity index (χ4n) is 4.84. The van der Waals surface area contributed by atoms with E-state index < -0.39 is 18.0 Å². The van der Waals surface area contributed by atoms with Crippen LogP contribution in [0.5, 0.6) is 0 Å². The first-order valence-electron chi connectivity index (χ1n) is 12.4. The number of benzene rings is 1. The van der Waals surface area contributed by atoms with Crippen molar-refractivity contribution in [1.29, 1.82) is 0 Å². The summed E-state index contributed by atoms with van der Waals surface area (Å²) in [6.45, 7) is 6.38. The second-order valence-corrected chi connectivity index (χ2v) is 10.1. The number of carboxylic acids is 1. The lowest BCUT2D eigenvalue weighted by molar-refractivity contribution is -0.139. The predicted octanol–water partition coefficient (Wildman–Crippen LogP) is 6.53. The molecule has 0 heterocycles. The van der Waals surface area contributed by atoms with Gasteiger partial charge in [-0.1, -0.05) is 95.4 Å². The number of unbranched alkanes of at least 4 members (excludes halogenated alkanes) is 3. The maximum atomic E-state index is 12.4. The van der Waals surface area contributed by atoms with Crippen molar-refractivity contribution in [2.24, 2.45) is 17.3 Å². The maximum Gasteiger partial charge on any atom is 0.310 e. The molecule has 4 atom stereocenters. The Morgan fingerprint density at radius 3 is 2.53 bits per heavy atom. The van der Waals surface area contributed by atoms with E-state index in [1.165, 1.54) is 0 Å². The highest BCUT2D eigenvalue weighted by atomic mass is 16.4. The van der Waals surface area contributed by atoms with Gasteiger partial charge in [-0.2, -0.15) is 0 Å². The molecule has 4 nitrogen and oxygen atoms in total. The Balaban J connectivity index is 1.81. The standard InChI is InChI=1S/C28H42O4/c1-4-5-20-28(2,3)26(30)19-17-22-16-18-25(29)23(22)14-10-7-11-15-24(27(31)32)21-12-8-6-9-13-21/h6,8-9,12-13,17,19,22-24,26,30H,4-5,7,10-11,14-16,18,20H2,1-3H3,(H,31,32)/b19-17+/t22?,23-,24?,26-/m1/s1. The molecule has 1 aromatic rings. The number of aliphatic carboxylic acids is 1. The van der Waals surface area contributed by atoms with Crippen LogP contribution in [0.4, 0.5) is 0 Å². The molecule has 2 rings (SSSR count). The highest BCUT2D eigenvalue weighted by molar-refractivity contribution is 5.83. The number of allylic oxidation sites excluding steroid dienone is 1. The van der Waals surface area contributed by atoms with Crippen molar-refractivity contribution in [3.05, 3.63) is 48.0 Å². The minimum Gasteiger partial charge on any atom is -0.481 e. The van der Waals surface area contributed by atoms with Gasteiger partial charge in [-0.3, -0.25) is 9.59 Å². The second kappa shape index (κ2) is 12.9. The van der Waals surface area contributed by atoms with Crippen molar-refractivity contribution in [2.45, 2.75) is 97.0 Å². The number of aliphatic hydroxyl groups excluding tert-OH is 1. The average molecular weight is 443 g/mol. The molecule has 1 aromatic carbocycles. The number of carbonyl (C=O) groups excluding carboxylic acids is 1. The summed E-state index contributed by atoms with van der Waals surface area (Å²) in [5.74, 6) is -0.630. The van der Waals surface area contributed by atoms with Gasteiger partial charge in [0.2, 0.25) is 0 Å². The van der Waals surface area contributed by atoms with E-state index in [0.29, 0.717) is 18.6 Å². The van der Waals surface area contributed by atoms with Crippen LogP contribution >= 0.6 is 0 Å². The van der Waals surface area contributed by atoms with Crippen LogP contribution in [0.2, 0.25) is 0 Å². The van der Waals surface area contributed by atoms with Crippen molar-refractivity contribution < 1.29 is 19.8 Å². The molecule has 1 aliphatic carbocycles. The van der Waals surface area contributed by atoms with Gasteiger partial charge < -0.3 is 10.2 Å². The normalized spacial score (nSPS) is 21.2. The average Bonchev–Trinajstić information content (AvgIpc) is 3.12. The number of rotatable bonds is 14. The molecule has 0 spiro atoms. The topological polar surface area (TPSA) is 74.6 Å². The zero-order valence-electron chi connectivity index (χ0n) is 20.1. The van der Waals surface area contributed by atoms with E-state index in [0.717, 1.165) is 56.9 Å². The van der Waals surface area contributed by atoms with E-state index in [-0.39, 0.29) is 17.3 Å². The quantitative estimate of drug-likeness (QED) is 0.254. The third kappa shape index (κ3) is 7.88. The smallest absolute Gasteiger partial charge is 0.310 e. The summed E-state index contributed by atoms with van der Waals surface area (Å²) >= 11 is 0. The molecule has 4 heteroatoms. The molecule has 2 unspecified atom stereocenters. The highest BCUT2D eigenvalue weighted by Crippen LogP contribution is 2.35. The molecular formula is C28H42O4. The third-order valence-electron chi connectivity index (χ3n) is 7.18. The number of aliphatic hydroxyl groups is 1. The molecule has 178 valence electrons. The van der Waals surface area contributed by atoms with Crippen molar-refractivity contribution in [3.8, 4) is 0 Å². The van der Waals surface area contributed by atoms with Crippen LogP contribution in [0.1, 0.15) is 96.5 Å². The second-order valence-electron chi connectivity index (χ2n) is 10.1. The molecule has 1 saturated carbocycles. The molecule has 0 radical (unpaired) electrons. The number of hydrogen-bond donors (Lipinski definition) is 2. The zero-order valence-corrected chi connectivity index (χ0v) is 20.1. The molecule has 0 bridgehead atoms. The largest absolute Gasteiger partial charge is 0.481 e. The Bertz CT molecular complexity index is 737. The number of carbonyl (C=O) groups is 2. The van der Waals surface area contributed by atoms with Crippen molar-refractivity contribution in [3.63, 3.8) is 0 Å². The van der Waals surface area contributed by atoms with Gasteiger partial charge in [0, 0.05) is 12.3 Å². The molecule has 1 fully saturated rings. The summed E-state index contributed by atoms with van der Waals surface area (Å²) in [6.07, 6.45) is 12.4. The van der Waals surface area contributed by atoms with Gasteiger partial charge in [0.05, 0.1) is 12.0 Å². The third-order valence-corrected chi connectivity index (χ3v) is 7.18. The van der Waals surface area contributed by atoms with E-state index in [1.807, 2.05) is 36.4 Å². The van der Waals surface area contributed by atoms with Gasteiger partial charge in [-0.15, -0.1) is 0 Å². The Morgan fingerprint density at radius 2 is 1.88 bits per heavy atom. The van der Waals surface area contributed by atoms with Gasteiger partial charge in [-0.05, 0) is 42.6 Å². The van der Waals surface area contributed by atoms with Gasteiger partial charge >= 0.3 is 5.97 Å². The van der Waals surface area contributed by atoms with Crippen LogP contribution in [-0.4, -0.2) is 28.1 Å². The minimum atomic E-state index is -0.771. The summed E-state index contributed by atoms with van der Waals surface area (Å²) < 4.78 is 0. The maximum absolute atomic E-state index is 12.4. The number of carboxylic acid groups (broad SMARTS) is 1. The Morgan fingerprint density at radius 1 is 1.16 bits per heavy atom. The molecule has 0 aromatic heterocycles. The van der Waals surface area contributed by atoms with E-state index >= 15 is 0 Å². The van der Waals surface area contributed by atoms with Crippen LogP contribution in [0.25, 0.3) is 0 Å². The van der Waals surface area contributed by atoms with Crippen LogP contribution in [0, 0.1) is 17.3 Å². The van der Waals surface area contributed by atoms with Crippen molar-refractivity contribution in [2.75, 3.05) is 0 Å². The van der Waals surface area contributed by atoms with Crippen molar-refractivity contribution >= 4 is 11.8 Å². The number of ketones is 1. The van der Waals surface area contributed by atoms with Gasteiger partial charge in [0.1, 0.15) is 5.78 Å². The van der Waals surface area contributed by atoms with Gasteiger partial charge in [0.15, 0.2) is 0 Å². The summed E-state index contributed by atoms with van der Waals surface area (Å²) in [5.41, 5.74) is 0.709. The molecule has 0 amide bonds. The Labute approximate surface area is 194 Å². The first-order chi connectivity index (χ1) is 15.3. The molecule has 32 heavy (non-hydrogen) atoms. The summed E-state index contributed by atoms with van der Waals surface area (Å²) in [6, 6.07) is 9.42. The fourth-order valence-corrected chi connectivity index (χ4v) is 4.84. The van der Waals surface area contributed by atoms with E-state index in [1.54, 1.807) is 0 Å².